The highest BCUT2D eigenvalue weighted by molar-refractivity contribution is 5.91. The van der Waals surface area contributed by atoms with Crippen molar-refractivity contribution in [1.82, 2.24) is 4.90 Å². The summed E-state index contributed by atoms with van der Waals surface area (Å²) in [4.78, 5) is 29.2. The summed E-state index contributed by atoms with van der Waals surface area (Å²) in [7, 11) is 0. The van der Waals surface area contributed by atoms with Gasteiger partial charge in [-0.2, -0.15) is 0 Å². The average molecular weight is 471 g/mol. The summed E-state index contributed by atoms with van der Waals surface area (Å²) in [6, 6.07) is 26.1. The Kier molecular flexibility index (Phi) is 8.39. The molecule has 1 aliphatic rings. The Hall–Kier alpha value is -3.80. The molecule has 3 aromatic carbocycles. The van der Waals surface area contributed by atoms with E-state index < -0.39 is 0 Å². The number of anilines is 3. The van der Waals surface area contributed by atoms with Crippen molar-refractivity contribution in [2.24, 2.45) is 0 Å². The van der Waals surface area contributed by atoms with Crippen molar-refractivity contribution in [2.75, 3.05) is 41.7 Å². The van der Waals surface area contributed by atoms with E-state index in [1.54, 1.807) is 0 Å². The van der Waals surface area contributed by atoms with Crippen molar-refractivity contribution < 1.29 is 9.59 Å². The van der Waals surface area contributed by atoms with Crippen molar-refractivity contribution in [2.45, 2.75) is 32.6 Å². The third-order valence-electron chi connectivity index (χ3n) is 6.44. The summed E-state index contributed by atoms with van der Waals surface area (Å²) in [6.45, 7) is 4.97. The maximum Gasteiger partial charge on any atom is 0.321 e. The van der Waals surface area contributed by atoms with Gasteiger partial charge in [0.2, 0.25) is 5.91 Å². The second-order valence-corrected chi connectivity index (χ2v) is 8.85. The van der Waals surface area contributed by atoms with Crippen LogP contribution in [-0.4, -0.2) is 43.0 Å². The van der Waals surface area contributed by atoms with Crippen LogP contribution in [0.2, 0.25) is 0 Å². The van der Waals surface area contributed by atoms with Crippen LogP contribution in [0.15, 0.2) is 78.9 Å². The molecule has 3 aromatic rings. The molecule has 1 saturated heterocycles. The molecule has 6 nitrogen and oxygen atoms in total. The first-order valence-corrected chi connectivity index (χ1v) is 12.4. The number of nitrogens with one attached hydrogen (secondary N) is 2. The normalized spacial score (nSPS) is 13.4. The predicted molar refractivity (Wildman–Crippen MR) is 143 cm³/mol. The highest BCUT2D eigenvalue weighted by Gasteiger charge is 2.22. The van der Waals surface area contributed by atoms with Gasteiger partial charge in [-0.15, -0.1) is 0 Å². The highest BCUT2D eigenvalue weighted by Crippen LogP contribution is 2.21. The molecule has 0 aliphatic carbocycles. The topological polar surface area (TPSA) is 64.7 Å². The summed E-state index contributed by atoms with van der Waals surface area (Å²) in [5, 5.41) is 6.06. The molecule has 1 aliphatic heterocycles. The molecule has 4 rings (SSSR count). The Morgan fingerprint density at radius 1 is 0.800 bits per heavy atom. The molecule has 0 bridgehead atoms. The van der Waals surface area contributed by atoms with Crippen LogP contribution in [0.25, 0.3) is 0 Å². The number of rotatable bonds is 8. The smallest absolute Gasteiger partial charge is 0.321 e. The molecule has 0 saturated carbocycles. The van der Waals surface area contributed by atoms with E-state index in [0.29, 0.717) is 19.5 Å². The lowest BCUT2D eigenvalue weighted by atomic mass is 10.1. The molecular weight excluding hydrogens is 436 g/mol. The monoisotopic (exact) mass is 470 g/mol. The molecule has 0 spiro atoms. The SMILES string of the molecule is CCc1ccccc1NC(=O)N1CCN(c2ccc(NC(=O)CCCc3ccccc3)cc2)CC1. The minimum atomic E-state index is -0.0455. The van der Waals surface area contributed by atoms with Gasteiger partial charge in [0, 0.05) is 49.7 Å². The standard InChI is InChI=1S/C29H34N4O2/c1-2-24-12-6-7-13-27(24)31-29(35)33-21-19-32(20-22-33)26-17-15-25(16-18-26)30-28(34)14-8-11-23-9-4-3-5-10-23/h3-7,9-10,12-13,15-18H,2,8,11,14,19-22H2,1H3,(H,30,34)(H,31,35). The zero-order valence-electron chi connectivity index (χ0n) is 20.4. The molecule has 0 atom stereocenters. The lowest BCUT2D eigenvalue weighted by Gasteiger charge is -2.36. The van der Waals surface area contributed by atoms with Crippen molar-refractivity contribution in [3.05, 3.63) is 90.0 Å². The Morgan fingerprint density at radius 2 is 1.49 bits per heavy atom. The minimum Gasteiger partial charge on any atom is -0.368 e. The van der Waals surface area contributed by atoms with Gasteiger partial charge in [0.05, 0.1) is 0 Å². The van der Waals surface area contributed by atoms with Gasteiger partial charge < -0.3 is 20.4 Å². The fraction of sp³-hybridized carbons (Fsp3) is 0.310. The first kappa shape index (κ1) is 24.3. The van der Waals surface area contributed by atoms with Gasteiger partial charge in [-0.1, -0.05) is 55.5 Å². The zero-order valence-corrected chi connectivity index (χ0v) is 20.4. The number of para-hydroxylation sites is 1. The van der Waals surface area contributed by atoms with Crippen LogP contribution in [0.1, 0.15) is 30.9 Å². The summed E-state index contributed by atoms with van der Waals surface area (Å²) in [6.07, 6.45) is 3.12. The molecule has 35 heavy (non-hydrogen) atoms. The summed E-state index contributed by atoms with van der Waals surface area (Å²) in [5.74, 6) is 0.0398. The van der Waals surface area contributed by atoms with Gasteiger partial charge in [0.15, 0.2) is 0 Å². The molecule has 6 heteroatoms. The molecule has 0 unspecified atom stereocenters. The maximum absolute atomic E-state index is 12.7. The van der Waals surface area contributed by atoms with E-state index in [1.165, 1.54) is 5.56 Å². The van der Waals surface area contributed by atoms with Crippen LogP contribution in [0.3, 0.4) is 0 Å². The van der Waals surface area contributed by atoms with Crippen LogP contribution in [-0.2, 0) is 17.6 Å². The number of hydrogen-bond donors (Lipinski definition) is 2. The van der Waals surface area contributed by atoms with Crippen molar-refractivity contribution in [1.29, 1.82) is 0 Å². The lowest BCUT2D eigenvalue weighted by Crippen LogP contribution is -2.50. The molecule has 0 aromatic heterocycles. The third-order valence-corrected chi connectivity index (χ3v) is 6.44. The van der Waals surface area contributed by atoms with Crippen molar-refractivity contribution in [3.63, 3.8) is 0 Å². The van der Waals surface area contributed by atoms with Crippen LogP contribution >= 0.6 is 0 Å². The van der Waals surface area contributed by atoms with Crippen LogP contribution in [0.4, 0.5) is 21.9 Å². The number of amides is 3. The molecule has 0 radical (unpaired) electrons. The number of aryl methyl sites for hydroxylation is 2. The van der Waals surface area contributed by atoms with E-state index in [-0.39, 0.29) is 11.9 Å². The van der Waals surface area contributed by atoms with Gasteiger partial charge in [-0.3, -0.25) is 4.79 Å². The molecule has 3 amide bonds. The molecule has 1 fully saturated rings. The summed E-state index contributed by atoms with van der Waals surface area (Å²) in [5.41, 5.74) is 5.20. The molecular formula is C29H34N4O2. The number of piperazine rings is 1. The van der Waals surface area contributed by atoms with Gasteiger partial charge in [0.25, 0.3) is 0 Å². The predicted octanol–water partition coefficient (Wildman–Crippen LogP) is 5.56. The van der Waals surface area contributed by atoms with E-state index in [0.717, 1.165) is 55.0 Å². The van der Waals surface area contributed by atoms with E-state index in [9.17, 15) is 9.59 Å². The van der Waals surface area contributed by atoms with Crippen LogP contribution in [0, 0.1) is 0 Å². The Balaban J connectivity index is 1.21. The Morgan fingerprint density at radius 3 is 2.20 bits per heavy atom. The lowest BCUT2D eigenvalue weighted by molar-refractivity contribution is -0.116. The average Bonchev–Trinajstić information content (AvgIpc) is 2.90. The fourth-order valence-corrected chi connectivity index (χ4v) is 4.39. The molecule has 1 heterocycles. The van der Waals surface area contributed by atoms with E-state index in [1.807, 2.05) is 71.6 Å². The first-order chi connectivity index (χ1) is 17.1. The molecule has 2 N–H and O–H groups in total. The van der Waals surface area contributed by atoms with Gasteiger partial charge in [0.1, 0.15) is 0 Å². The summed E-state index contributed by atoms with van der Waals surface area (Å²) >= 11 is 0. The number of carbonyl (C=O) groups excluding carboxylic acids is 2. The first-order valence-electron chi connectivity index (χ1n) is 12.4. The Bertz CT molecular complexity index is 1110. The van der Waals surface area contributed by atoms with Gasteiger partial charge >= 0.3 is 6.03 Å². The zero-order chi connectivity index (χ0) is 24.5. The number of urea groups is 1. The number of benzene rings is 3. The fourth-order valence-electron chi connectivity index (χ4n) is 4.39. The third kappa shape index (κ3) is 6.85. The largest absolute Gasteiger partial charge is 0.368 e. The Labute approximate surface area is 207 Å². The number of hydrogen-bond acceptors (Lipinski definition) is 3. The second-order valence-electron chi connectivity index (χ2n) is 8.85. The van der Waals surface area contributed by atoms with E-state index in [2.05, 4.69) is 34.6 Å². The minimum absolute atomic E-state index is 0.0398. The maximum atomic E-state index is 12.7. The quantitative estimate of drug-likeness (QED) is 0.453. The van der Waals surface area contributed by atoms with Crippen molar-refractivity contribution in [3.8, 4) is 0 Å². The van der Waals surface area contributed by atoms with Crippen LogP contribution < -0.4 is 15.5 Å². The van der Waals surface area contributed by atoms with Crippen LogP contribution in [0.5, 0.6) is 0 Å². The number of nitrogens with zero attached hydrogens (tertiary/aromatic N) is 2. The number of carbonyl (C=O) groups is 2. The van der Waals surface area contributed by atoms with E-state index in [4.69, 9.17) is 0 Å². The van der Waals surface area contributed by atoms with E-state index >= 15 is 0 Å². The second kappa shape index (κ2) is 12.1. The highest BCUT2D eigenvalue weighted by atomic mass is 16.2. The summed E-state index contributed by atoms with van der Waals surface area (Å²) < 4.78 is 0. The van der Waals surface area contributed by atoms with Gasteiger partial charge in [-0.25, -0.2) is 4.79 Å². The molecule has 182 valence electrons. The van der Waals surface area contributed by atoms with Crippen molar-refractivity contribution >= 4 is 29.0 Å². The van der Waals surface area contributed by atoms with Gasteiger partial charge in [-0.05, 0) is 60.7 Å².